The number of rotatable bonds is 4. The van der Waals surface area contributed by atoms with Crippen LogP contribution >= 0.6 is 0 Å². The Morgan fingerprint density at radius 3 is 2.44 bits per heavy atom. The third-order valence-electron chi connectivity index (χ3n) is 3.26. The van der Waals surface area contributed by atoms with E-state index >= 15 is 0 Å². The monoisotopic (exact) mass is 249 g/mol. The van der Waals surface area contributed by atoms with E-state index in [2.05, 4.69) is 18.6 Å². The molecule has 0 aromatic carbocycles. The average Bonchev–Trinajstić information content (AvgIpc) is 2.08. The van der Waals surface area contributed by atoms with Crippen molar-refractivity contribution in [3.63, 3.8) is 0 Å². The summed E-state index contributed by atoms with van der Waals surface area (Å²) < 4.78 is 25.3. The van der Waals surface area contributed by atoms with Crippen molar-refractivity contribution in [3.8, 4) is 0 Å². The summed E-state index contributed by atoms with van der Waals surface area (Å²) in [4.78, 5) is 10.4. The van der Waals surface area contributed by atoms with Crippen LogP contribution < -0.4 is 4.72 Å². The van der Waals surface area contributed by atoms with Gasteiger partial charge in [-0.15, -0.1) is 0 Å². The van der Waals surface area contributed by atoms with Crippen LogP contribution in [-0.2, 0) is 14.8 Å². The van der Waals surface area contributed by atoms with Crippen LogP contribution in [0, 0.1) is 11.8 Å². The lowest BCUT2D eigenvalue weighted by atomic mass is 9.79. The van der Waals surface area contributed by atoms with Crippen molar-refractivity contribution in [1.29, 1.82) is 0 Å². The number of carbonyl (C=O) groups is 1. The Hall–Kier alpha value is -0.620. The fourth-order valence-electron chi connectivity index (χ4n) is 2.11. The molecule has 0 aliphatic heterocycles. The summed E-state index contributed by atoms with van der Waals surface area (Å²) in [6.07, 6.45) is 2.58. The van der Waals surface area contributed by atoms with Gasteiger partial charge in [-0.1, -0.05) is 13.8 Å². The first kappa shape index (κ1) is 13.4. The molecule has 0 saturated heterocycles. The van der Waals surface area contributed by atoms with Gasteiger partial charge in [0, 0.05) is 6.04 Å². The molecular formula is C10H19NO4S. The second kappa shape index (κ2) is 5.14. The number of hydrogen-bond acceptors (Lipinski definition) is 3. The van der Waals surface area contributed by atoms with Gasteiger partial charge in [0.1, 0.15) is 0 Å². The van der Waals surface area contributed by atoms with Crippen LogP contribution in [0.2, 0.25) is 0 Å². The lowest BCUT2D eigenvalue weighted by Gasteiger charge is -2.32. The smallest absolute Gasteiger partial charge is 0.320 e. The number of sulfonamides is 1. The minimum atomic E-state index is -3.67. The molecule has 1 aliphatic rings. The van der Waals surface area contributed by atoms with Crippen LogP contribution in [0.3, 0.4) is 0 Å². The van der Waals surface area contributed by atoms with Crippen LogP contribution in [-0.4, -0.2) is 31.3 Å². The van der Waals surface area contributed by atoms with Gasteiger partial charge >= 0.3 is 5.97 Å². The maximum absolute atomic E-state index is 11.4. The lowest BCUT2D eigenvalue weighted by Crippen LogP contribution is -2.41. The number of hydrogen-bond donors (Lipinski definition) is 2. The SMILES string of the molecule is CC1CCC(NS(=O)(=O)CC(=O)O)CC1C. The van der Waals surface area contributed by atoms with Gasteiger partial charge in [-0.3, -0.25) is 4.79 Å². The molecule has 0 aromatic heterocycles. The van der Waals surface area contributed by atoms with Crippen LogP contribution in [0.25, 0.3) is 0 Å². The Labute approximate surface area is 96.3 Å². The zero-order valence-electron chi connectivity index (χ0n) is 9.64. The summed E-state index contributed by atoms with van der Waals surface area (Å²) in [5.74, 6) is -1.07. The molecular weight excluding hydrogens is 230 g/mol. The Kier molecular flexibility index (Phi) is 4.32. The Bertz CT molecular complexity index is 352. The second-order valence-corrected chi connectivity index (χ2v) is 6.49. The maximum Gasteiger partial charge on any atom is 0.320 e. The van der Waals surface area contributed by atoms with E-state index < -0.39 is 21.7 Å². The minimum absolute atomic E-state index is 0.101. The molecule has 3 atom stereocenters. The van der Waals surface area contributed by atoms with Crippen molar-refractivity contribution < 1.29 is 18.3 Å². The van der Waals surface area contributed by atoms with Crippen LogP contribution in [0.1, 0.15) is 33.1 Å². The molecule has 0 spiro atoms. The number of carboxylic acid groups (broad SMARTS) is 1. The molecule has 0 radical (unpaired) electrons. The quantitative estimate of drug-likeness (QED) is 0.772. The first-order valence-corrected chi connectivity index (χ1v) is 7.17. The van der Waals surface area contributed by atoms with Crippen molar-refractivity contribution in [2.45, 2.75) is 39.2 Å². The highest BCUT2D eigenvalue weighted by Crippen LogP contribution is 2.29. The highest BCUT2D eigenvalue weighted by Gasteiger charge is 2.28. The molecule has 1 rings (SSSR count). The molecule has 1 fully saturated rings. The average molecular weight is 249 g/mol. The van der Waals surface area contributed by atoms with E-state index in [0.717, 1.165) is 19.3 Å². The Balaban J connectivity index is 2.52. The standard InChI is InChI=1S/C10H19NO4S/c1-7-3-4-9(5-8(7)2)11-16(14,15)6-10(12)13/h7-9,11H,3-6H2,1-2H3,(H,12,13). The molecule has 3 unspecified atom stereocenters. The van der Waals surface area contributed by atoms with Crippen LogP contribution in [0.15, 0.2) is 0 Å². The van der Waals surface area contributed by atoms with Gasteiger partial charge in [-0.2, -0.15) is 0 Å². The van der Waals surface area contributed by atoms with Gasteiger partial charge in [0.05, 0.1) is 0 Å². The molecule has 1 aliphatic carbocycles. The number of carboxylic acids is 1. The third kappa shape index (κ3) is 4.09. The van der Waals surface area contributed by atoms with Gasteiger partial charge in [0.25, 0.3) is 0 Å². The molecule has 2 N–H and O–H groups in total. The largest absolute Gasteiger partial charge is 0.480 e. The van der Waals surface area contributed by atoms with E-state index in [1.807, 2.05) is 0 Å². The second-order valence-electron chi connectivity index (χ2n) is 4.74. The molecule has 16 heavy (non-hydrogen) atoms. The van der Waals surface area contributed by atoms with Gasteiger partial charge in [-0.25, -0.2) is 13.1 Å². The minimum Gasteiger partial charge on any atom is -0.480 e. The van der Waals surface area contributed by atoms with E-state index in [-0.39, 0.29) is 6.04 Å². The van der Waals surface area contributed by atoms with Gasteiger partial charge in [-0.05, 0) is 31.1 Å². The molecule has 5 nitrogen and oxygen atoms in total. The Morgan fingerprint density at radius 1 is 1.31 bits per heavy atom. The lowest BCUT2D eigenvalue weighted by molar-refractivity contribution is -0.134. The normalized spacial score (nSPS) is 31.2. The first-order chi connectivity index (χ1) is 7.30. The Morgan fingerprint density at radius 2 is 1.94 bits per heavy atom. The maximum atomic E-state index is 11.4. The molecule has 1 saturated carbocycles. The topological polar surface area (TPSA) is 83.5 Å². The predicted octanol–water partition coefficient (Wildman–Crippen LogP) is 0.815. The molecule has 6 heteroatoms. The fraction of sp³-hybridized carbons (Fsp3) is 0.900. The van der Waals surface area contributed by atoms with Gasteiger partial charge in [0.2, 0.25) is 10.0 Å². The van der Waals surface area contributed by atoms with Crippen molar-refractivity contribution >= 4 is 16.0 Å². The highest BCUT2D eigenvalue weighted by molar-refractivity contribution is 7.90. The molecule has 0 amide bonds. The summed E-state index contributed by atoms with van der Waals surface area (Å²) >= 11 is 0. The third-order valence-corrected chi connectivity index (χ3v) is 4.58. The van der Waals surface area contributed by atoms with E-state index in [4.69, 9.17) is 5.11 Å². The van der Waals surface area contributed by atoms with Crippen molar-refractivity contribution in [1.82, 2.24) is 4.72 Å². The zero-order valence-corrected chi connectivity index (χ0v) is 10.5. The summed E-state index contributed by atoms with van der Waals surface area (Å²) in [6, 6.07) is -0.101. The van der Waals surface area contributed by atoms with E-state index in [1.54, 1.807) is 0 Å². The van der Waals surface area contributed by atoms with E-state index in [9.17, 15) is 13.2 Å². The summed E-state index contributed by atoms with van der Waals surface area (Å²) in [5, 5.41) is 8.45. The van der Waals surface area contributed by atoms with E-state index in [0.29, 0.717) is 11.8 Å². The number of aliphatic carboxylic acids is 1. The highest BCUT2D eigenvalue weighted by atomic mass is 32.2. The molecule has 0 bridgehead atoms. The molecule has 0 heterocycles. The predicted molar refractivity (Wildman–Crippen MR) is 60.5 cm³/mol. The fourth-order valence-corrected chi connectivity index (χ4v) is 3.24. The van der Waals surface area contributed by atoms with Gasteiger partial charge < -0.3 is 5.11 Å². The van der Waals surface area contributed by atoms with E-state index in [1.165, 1.54) is 0 Å². The van der Waals surface area contributed by atoms with Gasteiger partial charge in [0.15, 0.2) is 5.75 Å². The summed E-state index contributed by atoms with van der Waals surface area (Å²) in [6.45, 7) is 4.26. The zero-order chi connectivity index (χ0) is 12.3. The molecule has 0 aromatic rings. The van der Waals surface area contributed by atoms with Crippen LogP contribution in [0.4, 0.5) is 0 Å². The summed E-state index contributed by atoms with van der Waals surface area (Å²) in [7, 11) is -3.67. The number of nitrogens with one attached hydrogen (secondary N) is 1. The van der Waals surface area contributed by atoms with Crippen molar-refractivity contribution in [2.24, 2.45) is 11.8 Å². The molecule has 94 valence electrons. The first-order valence-electron chi connectivity index (χ1n) is 5.52. The van der Waals surface area contributed by atoms with Crippen molar-refractivity contribution in [2.75, 3.05) is 5.75 Å². The summed E-state index contributed by atoms with van der Waals surface area (Å²) in [5.41, 5.74) is 0. The van der Waals surface area contributed by atoms with Crippen molar-refractivity contribution in [3.05, 3.63) is 0 Å². The van der Waals surface area contributed by atoms with Crippen LogP contribution in [0.5, 0.6) is 0 Å².